The van der Waals surface area contributed by atoms with E-state index in [4.69, 9.17) is 17.3 Å². The minimum absolute atomic E-state index is 0.177. The topological polar surface area (TPSA) is 38.9 Å². The fraction of sp³-hybridized carbons (Fsp3) is 0.0625. The van der Waals surface area contributed by atoms with Crippen molar-refractivity contribution in [3.63, 3.8) is 0 Å². The fourth-order valence-corrected chi connectivity index (χ4v) is 2.38. The Morgan fingerprint density at radius 3 is 2.63 bits per heavy atom. The lowest BCUT2D eigenvalue weighted by molar-refractivity contribution is 0.873. The quantitative estimate of drug-likeness (QED) is 0.765. The van der Waals surface area contributed by atoms with Gasteiger partial charge >= 0.3 is 0 Å². The third kappa shape index (κ3) is 2.46. The molecule has 3 heteroatoms. The van der Waals surface area contributed by atoms with Gasteiger partial charge in [0.15, 0.2) is 0 Å². The number of benzene rings is 2. The second-order valence-electron chi connectivity index (χ2n) is 4.49. The maximum Gasteiger partial charge on any atom is 0.0702 e. The van der Waals surface area contributed by atoms with E-state index in [1.807, 2.05) is 48.5 Å². The lowest BCUT2D eigenvalue weighted by Crippen LogP contribution is -2.11. The van der Waals surface area contributed by atoms with Crippen LogP contribution < -0.4 is 5.73 Å². The molecule has 0 bridgehead atoms. The number of pyridine rings is 1. The van der Waals surface area contributed by atoms with Crippen LogP contribution in [-0.2, 0) is 0 Å². The van der Waals surface area contributed by atoms with Crippen molar-refractivity contribution in [2.45, 2.75) is 6.04 Å². The standard InChI is InChI=1S/C16H13ClN2/c17-14-5-1-3-12(10-14)16(18)13-6-7-15-11(9-13)4-2-8-19-15/h1-10,16H,18H2. The van der Waals surface area contributed by atoms with Gasteiger partial charge in [-0.3, -0.25) is 4.98 Å². The molecule has 0 aliphatic carbocycles. The van der Waals surface area contributed by atoms with Crippen molar-refractivity contribution in [1.29, 1.82) is 0 Å². The number of halogens is 1. The molecular formula is C16H13ClN2. The first-order chi connectivity index (χ1) is 9.24. The molecule has 1 heterocycles. The summed E-state index contributed by atoms with van der Waals surface area (Å²) < 4.78 is 0. The molecular weight excluding hydrogens is 256 g/mol. The molecule has 2 N–H and O–H groups in total. The summed E-state index contributed by atoms with van der Waals surface area (Å²) in [7, 11) is 0. The summed E-state index contributed by atoms with van der Waals surface area (Å²) in [4.78, 5) is 4.31. The number of fused-ring (bicyclic) bond motifs is 1. The van der Waals surface area contributed by atoms with E-state index >= 15 is 0 Å². The molecule has 0 fully saturated rings. The van der Waals surface area contributed by atoms with Gasteiger partial charge in [-0.25, -0.2) is 0 Å². The minimum atomic E-state index is -0.177. The monoisotopic (exact) mass is 268 g/mol. The Morgan fingerprint density at radius 1 is 0.947 bits per heavy atom. The fourth-order valence-electron chi connectivity index (χ4n) is 2.18. The van der Waals surface area contributed by atoms with Gasteiger partial charge in [0.05, 0.1) is 11.6 Å². The Bertz CT molecular complexity index is 725. The number of nitrogens with two attached hydrogens (primary N) is 1. The molecule has 1 atom stereocenters. The van der Waals surface area contributed by atoms with Crippen LogP contribution >= 0.6 is 11.6 Å². The number of hydrogen-bond donors (Lipinski definition) is 1. The number of rotatable bonds is 2. The van der Waals surface area contributed by atoms with Gasteiger partial charge in [0, 0.05) is 16.6 Å². The van der Waals surface area contributed by atoms with Crippen molar-refractivity contribution in [3.05, 3.63) is 76.9 Å². The first kappa shape index (κ1) is 12.2. The van der Waals surface area contributed by atoms with Gasteiger partial charge in [-0.2, -0.15) is 0 Å². The van der Waals surface area contributed by atoms with E-state index in [2.05, 4.69) is 11.1 Å². The molecule has 0 amide bonds. The van der Waals surface area contributed by atoms with Gasteiger partial charge in [-0.05, 0) is 41.5 Å². The van der Waals surface area contributed by atoms with Gasteiger partial charge in [-0.15, -0.1) is 0 Å². The van der Waals surface area contributed by atoms with Crippen molar-refractivity contribution < 1.29 is 0 Å². The highest BCUT2D eigenvalue weighted by Gasteiger charge is 2.09. The molecule has 1 unspecified atom stereocenters. The van der Waals surface area contributed by atoms with Crippen molar-refractivity contribution in [2.75, 3.05) is 0 Å². The number of aromatic nitrogens is 1. The zero-order chi connectivity index (χ0) is 13.2. The van der Waals surface area contributed by atoms with Crippen LogP contribution in [0.25, 0.3) is 10.9 Å². The van der Waals surface area contributed by atoms with E-state index < -0.39 is 0 Å². The molecule has 0 aliphatic rings. The van der Waals surface area contributed by atoms with Crippen LogP contribution in [0.2, 0.25) is 5.02 Å². The Balaban J connectivity index is 2.04. The number of nitrogens with zero attached hydrogens (tertiary/aromatic N) is 1. The smallest absolute Gasteiger partial charge is 0.0702 e. The normalized spacial score (nSPS) is 12.5. The maximum atomic E-state index is 6.30. The predicted molar refractivity (Wildman–Crippen MR) is 79.2 cm³/mol. The van der Waals surface area contributed by atoms with E-state index in [0.717, 1.165) is 22.0 Å². The summed E-state index contributed by atoms with van der Waals surface area (Å²) in [6.45, 7) is 0. The highest BCUT2D eigenvalue weighted by Crippen LogP contribution is 2.24. The second kappa shape index (κ2) is 5.00. The van der Waals surface area contributed by atoms with Crippen LogP contribution in [0.5, 0.6) is 0 Å². The van der Waals surface area contributed by atoms with E-state index in [-0.39, 0.29) is 6.04 Å². The van der Waals surface area contributed by atoms with Crippen LogP contribution in [0, 0.1) is 0 Å². The highest BCUT2D eigenvalue weighted by atomic mass is 35.5. The maximum absolute atomic E-state index is 6.30. The molecule has 0 spiro atoms. The summed E-state index contributed by atoms with van der Waals surface area (Å²) in [6.07, 6.45) is 1.79. The zero-order valence-corrected chi connectivity index (χ0v) is 11.0. The third-order valence-electron chi connectivity index (χ3n) is 3.19. The van der Waals surface area contributed by atoms with Crippen molar-refractivity contribution >= 4 is 22.5 Å². The van der Waals surface area contributed by atoms with E-state index in [1.54, 1.807) is 6.20 Å². The van der Waals surface area contributed by atoms with E-state index in [9.17, 15) is 0 Å². The molecule has 0 aliphatic heterocycles. The second-order valence-corrected chi connectivity index (χ2v) is 4.92. The molecule has 0 saturated heterocycles. The van der Waals surface area contributed by atoms with Gasteiger partial charge < -0.3 is 5.73 Å². The largest absolute Gasteiger partial charge is 0.320 e. The molecule has 0 radical (unpaired) electrons. The zero-order valence-electron chi connectivity index (χ0n) is 10.3. The Hall–Kier alpha value is -1.90. The van der Waals surface area contributed by atoms with Crippen molar-refractivity contribution in [2.24, 2.45) is 5.73 Å². The van der Waals surface area contributed by atoms with Crippen LogP contribution in [0.1, 0.15) is 17.2 Å². The number of hydrogen-bond acceptors (Lipinski definition) is 2. The van der Waals surface area contributed by atoms with Crippen LogP contribution in [-0.4, -0.2) is 4.98 Å². The first-order valence-electron chi connectivity index (χ1n) is 6.10. The molecule has 1 aromatic heterocycles. The Labute approximate surface area is 116 Å². The molecule has 3 aromatic rings. The molecule has 3 rings (SSSR count). The molecule has 0 saturated carbocycles. The Kier molecular flexibility index (Phi) is 3.20. The van der Waals surface area contributed by atoms with Crippen molar-refractivity contribution in [1.82, 2.24) is 4.98 Å². The average molecular weight is 269 g/mol. The highest BCUT2D eigenvalue weighted by molar-refractivity contribution is 6.30. The summed E-state index contributed by atoms with van der Waals surface area (Å²) in [5, 5.41) is 1.80. The molecule has 19 heavy (non-hydrogen) atoms. The van der Waals surface area contributed by atoms with E-state index in [0.29, 0.717) is 5.02 Å². The Morgan fingerprint density at radius 2 is 1.79 bits per heavy atom. The van der Waals surface area contributed by atoms with Gasteiger partial charge in [0.25, 0.3) is 0 Å². The molecule has 2 aromatic carbocycles. The van der Waals surface area contributed by atoms with E-state index in [1.165, 1.54) is 0 Å². The molecule has 94 valence electrons. The van der Waals surface area contributed by atoms with Gasteiger partial charge in [0.2, 0.25) is 0 Å². The summed E-state index contributed by atoms with van der Waals surface area (Å²) >= 11 is 6.01. The first-order valence-corrected chi connectivity index (χ1v) is 6.47. The summed E-state index contributed by atoms with van der Waals surface area (Å²) in [6, 6.07) is 17.5. The summed E-state index contributed by atoms with van der Waals surface area (Å²) in [5.41, 5.74) is 9.34. The molecule has 2 nitrogen and oxygen atoms in total. The lowest BCUT2D eigenvalue weighted by Gasteiger charge is -2.13. The van der Waals surface area contributed by atoms with Crippen molar-refractivity contribution in [3.8, 4) is 0 Å². The van der Waals surface area contributed by atoms with Crippen LogP contribution in [0.4, 0.5) is 0 Å². The minimum Gasteiger partial charge on any atom is -0.320 e. The summed E-state index contributed by atoms with van der Waals surface area (Å²) in [5.74, 6) is 0. The average Bonchev–Trinajstić information content (AvgIpc) is 2.46. The van der Waals surface area contributed by atoms with Crippen LogP contribution in [0.15, 0.2) is 60.8 Å². The predicted octanol–water partition coefficient (Wildman–Crippen LogP) is 3.94. The van der Waals surface area contributed by atoms with Gasteiger partial charge in [-0.1, -0.05) is 35.9 Å². The van der Waals surface area contributed by atoms with Gasteiger partial charge in [0.1, 0.15) is 0 Å². The third-order valence-corrected chi connectivity index (χ3v) is 3.43. The van der Waals surface area contributed by atoms with Crippen LogP contribution in [0.3, 0.4) is 0 Å². The SMILES string of the molecule is NC(c1cccc(Cl)c1)c1ccc2ncccc2c1. The lowest BCUT2D eigenvalue weighted by atomic mass is 9.98.